The fourth-order valence-corrected chi connectivity index (χ4v) is 5.29. The first-order valence-electron chi connectivity index (χ1n) is 7.68. The van der Waals surface area contributed by atoms with Crippen LogP contribution in [0.15, 0.2) is 29.4 Å². The first-order valence-corrected chi connectivity index (χ1v) is 9.61. The van der Waals surface area contributed by atoms with E-state index in [1.165, 1.54) is 35.8 Å². The summed E-state index contributed by atoms with van der Waals surface area (Å²) in [6.07, 6.45) is -3.11. The van der Waals surface area contributed by atoms with Crippen molar-refractivity contribution in [1.82, 2.24) is 9.97 Å². The van der Waals surface area contributed by atoms with Gasteiger partial charge in [-0.15, -0.1) is 11.8 Å². The zero-order valence-corrected chi connectivity index (χ0v) is 15.4. The minimum atomic E-state index is -4.52. The molecule has 140 valence electrons. The van der Waals surface area contributed by atoms with Gasteiger partial charge in [0.1, 0.15) is 10.8 Å². The molecule has 2 aromatic heterocycles. The fourth-order valence-electron chi connectivity index (χ4n) is 2.59. The van der Waals surface area contributed by atoms with Crippen molar-refractivity contribution in [3.05, 3.63) is 35.5 Å². The van der Waals surface area contributed by atoms with Crippen LogP contribution in [0, 0.1) is 0 Å². The smallest absolute Gasteiger partial charge is 0.384 e. The number of nitrogen functional groups attached to an aromatic ring is 1. The van der Waals surface area contributed by atoms with E-state index in [1.54, 1.807) is 13.2 Å². The quantitative estimate of drug-likeness (QED) is 0.740. The molecule has 0 aromatic carbocycles. The highest BCUT2D eigenvalue weighted by Gasteiger charge is 2.43. The van der Waals surface area contributed by atoms with Crippen LogP contribution in [0.5, 0.6) is 0 Å². The predicted octanol–water partition coefficient (Wildman–Crippen LogP) is 3.56. The van der Waals surface area contributed by atoms with Crippen molar-refractivity contribution in [2.45, 2.75) is 21.8 Å². The highest BCUT2D eigenvalue weighted by atomic mass is 32.2. The Kier molecular flexibility index (Phi) is 5.66. The van der Waals surface area contributed by atoms with Gasteiger partial charge in [-0.1, -0.05) is 11.8 Å². The molecule has 2 aromatic rings. The number of pyridine rings is 2. The first kappa shape index (κ1) is 19.3. The number of methoxy groups -OCH3 is 1. The van der Waals surface area contributed by atoms with Gasteiger partial charge < -0.3 is 16.2 Å². The van der Waals surface area contributed by atoms with Crippen LogP contribution < -0.4 is 11.5 Å². The lowest BCUT2D eigenvalue weighted by Gasteiger charge is -2.18. The highest BCUT2D eigenvalue weighted by molar-refractivity contribution is 8.17. The molecular formula is C16H17F3N4OS2. The fraction of sp³-hybridized carbons (Fsp3) is 0.375. The second-order valence-electron chi connectivity index (χ2n) is 5.62. The van der Waals surface area contributed by atoms with Gasteiger partial charge in [0.25, 0.3) is 0 Å². The molecule has 1 aliphatic heterocycles. The van der Waals surface area contributed by atoms with Crippen LogP contribution in [-0.4, -0.2) is 34.0 Å². The number of nitrogens with zero attached hydrogens (tertiary/aromatic N) is 2. The molecule has 0 saturated heterocycles. The molecule has 0 radical (unpaired) electrons. The lowest BCUT2D eigenvalue weighted by Crippen LogP contribution is -2.21. The van der Waals surface area contributed by atoms with Crippen LogP contribution in [0.2, 0.25) is 0 Å². The van der Waals surface area contributed by atoms with Crippen molar-refractivity contribution in [2.24, 2.45) is 5.73 Å². The Morgan fingerprint density at radius 2 is 2.12 bits per heavy atom. The number of rotatable bonds is 5. The highest BCUT2D eigenvalue weighted by Crippen LogP contribution is 2.51. The Hall–Kier alpha value is -1.49. The Bertz CT molecular complexity index is 786. The van der Waals surface area contributed by atoms with Crippen molar-refractivity contribution in [2.75, 3.05) is 25.2 Å². The normalized spacial score (nSPS) is 19.6. The molecule has 0 spiro atoms. The van der Waals surface area contributed by atoms with Gasteiger partial charge >= 0.3 is 6.18 Å². The van der Waals surface area contributed by atoms with Crippen molar-refractivity contribution in [3.8, 4) is 11.3 Å². The number of nitrogens with two attached hydrogens (primary N) is 2. The summed E-state index contributed by atoms with van der Waals surface area (Å²) < 4.78 is 45.7. The van der Waals surface area contributed by atoms with E-state index in [2.05, 4.69) is 9.97 Å². The number of aromatic nitrogens is 2. The Morgan fingerprint density at radius 1 is 1.35 bits per heavy atom. The van der Waals surface area contributed by atoms with Crippen LogP contribution in [0.4, 0.5) is 19.0 Å². The van der Waals surface area contributed by atoms with Crippen molar-refractivity contribution >= 4 is 29.3 Å². The van der Waals surface area contributed by atoms with Crippen LogP contribution in [0.1, 0.15) is 17.2 Å². The van der Waals surface area contributed by atoms with E-state index in [-0.39, 0.29) is 21.7 Å². The standard InChI is InChI=1S/C16H17F3N4OS2/c1-24-4-5-25-15-13(21)12-9(16(17,18)19)6-10(23-14(12)26-15)8-2-3-11(20)22-7-8/h2-3,6-7,13,15H,4-5,21H2,1H3,(H2,20,22). The van der Waals surface area contributed by atoms with E-state index in [0.717, 1.165) is 6.07 Å². The molecule has 2 unspecified atom stereocenters. The predicted molar refractivity (Wildman–Crippen MR) is 97.8 cm³/mol. The molecular weight excluding hydrogens is 385 g/mol. The van der Waals surface area contributed by atoms with E-state index in [1.807, 2.05) is 0 Å². The van der Waals surface area contributed by atoms with Crippen LogP contribution in [0.25, 0.3) is 11.3 Å². The number of ether oxygens (including phenoxy) is 1. The molecule has 0 aliphatic carbocycles. The van der Waals surface area contributed by atoms with Gasteiger partial charge in [-0.2, -0.15) is 13.2 Å². The summed E-state index contributed by atoms with van der Waals surface area (Å²) in [5.41, 5.74) is 11.7. The monoisotopic (exact) mass is 402 g/mol. The van der Waals surface area contributed by atoms with Gasteiger partial charge in [0.05, 0.1) is 28.5 Å². The minimum Gasteiger partial charge on any atom is -0.384 e. The van der Waals surface area contributed by atoms with Crippen LogP contribution in [-0.2, 0) is 10.9 Å². The number of hydrogen-bond acceptors (Lipinski definition) is 7. The maximum Gasteiger partial charge on any atom is 0.416 e. The van der Waals surface area contributed by atoms with Gasteiger partial charge in [0.2, 0.25) is 0 Å². The van der Waals surface area contributed by atoms with E-state index >= 15 is 0 Å². The molecule has 3 rings (SSSR count). The lowest BCUT2D eigenvalue weighted by molar-refractivity contribution is -0.138. The van der Waals surface area contributed by atoms with E-state index < -0.39 is 17.8 Å². The van der Waals surface area contributed by atoms with Crippen LogP contribution >= 0.6 is 23.5 Å². The van der Waals surface area contributed by atoms with Crippen molar-refractivity contribution in [3.63, 3.8) is 0 Å². The maximum atomic E-state index is 13.7. The van der Waals surface area contributed by atoms with Crippen molar-refractivity contribution in [1.29, 1.82) is 0 Å². The second kappa shape index (κ2) is 7.63. The van der Waals surface area contributed by atoms with Crippen LogP contribution in [0.3, 0.4) is 0 Å². The molecule has 4 N–H and O–H groups in total. The molecule has 0 fully saturated rings. The number of anilines is 1. The second-order valence-corrected chi connectivity index (χ2v) is 8.30. The van der Waals surface area contributed by atoms with Gasteiger partial charge in [0.15, 0.2) is 0 Å². The van der Waals surface area contributed by atoms with Gasteiger partial charge in [-0.05, 0) is 18.2 Å². The summed E-state index contributed by atoms with van der Waals surface area (Å²) in [5, 5.41) is 0.314. The molecule has 26 heavy (non-hydrogen) atoms. The Morgan fingerprint density at radius 3 is 2.73 bits per heavy atom. The molecule has 5 nitrogen and oxygen atoms in total. The summed E-state index contributed by atoms with van der Waals surface area (Å²) in [5.74, 6) is 0.934. The molecule has 2 atom stereocenters. The first-order chi connectivity index (χ1) is 12.3. The minimum absolute atomic E-state index is 0.0598. The number of thioether (sulfide) groups is 2. The van der Waals surface area contributed by atoms with Crippen molar-refractivity contribution < 1.29 is 17.9 Å². The third-order valence-corrected chi connectivity index (χ3v) is 6.62. The molecule has 0 saturated carbocycles. The Balaban J connectivity index is 2.01. The number of alkyl halides is 3. The van der Waals surface area contributed by atoms with E-state index in [9.17, 15) is 13.2 Å². The Labute approximate surface area is 157 Å². The summed E-state index contributed by atoms with van der Waals surface area (Å²) in [4.78, 5) is 8.34. The average molecular weight is 402 g/mol. The van der Waals surface area contributed by atoms with Gasteiger partial charge in [-0.3, -0.25) is 0 Å². The number of fused-ring (bicyclic) bond motifs is 1. The topological polar surface area (TPSA) is 87.0 Å². The van der Waals surface area contributed by atoms with E-state index in [4.69, 9.17) is 16.2 Å². The third-order valence-electron chi connectivity index (χ3n) is 3.84. The number of hydrogen-bond donors (Lipinski definition) is 2. The average Bonchev–Trinajstić information content (AvgIpc) is 2.90. The molecule has 0 amide bonds. The van der Waals surface area contributed by atoms with Gasteiger partial charge in [0, 0.05) is 30.2 Å². The summed E-state index contributed by atoms with van der Waals surface area (Å²) in [6, 6.07) is 3.41. The maximum absolute atomic E-state index is 13.7. The van der Waals surface area contributed by atoms with E-state index in [0.29, 0.717) is 22.9 Å². The zero-order valence-electron chi connectivity index (χ0n) is 13.8. The number of halogens is 3. The molecule has 1 aliphatic rings. The summed E-state index contributed by atoms with van der Waals surface area (Å²) >= 11 is 2.74. The summed E-state index contributed by atoms with van der Waals surface area (Å²) in [6.45, 7) is 0.507. The zero-order chi connectivity index (χ0) is 18.9. The largest absolute Gasteiger partial charge is 0.416 e. The van der Waals surface area contributed by atoms with Gasteiger partial charge in [-0.25, -0.2) is 9.97 Å². The third kappa shape index (κ3) is 3.93. The lowest BCUT2D eigenvalue weighted by atomic mass is 10.0. The molecule has 3 heterocycles. The molecule has 0 bridgehead atoms. The summed E-state index contributed by atoms with van der Waals surface area (Å²) in [7, 11) is 1.58. The SMILES string of the molecule is COCCSC1Sc2nc(-c3ccc(N)nc3)cc(C(F)(F)F)c2C1N. The molecule has 10 heteroatoms.